The van der Waals surface area contributed by atoms with Crippen molar-refractivity contribution < 1.29 is 9.90 Å². The van der Waals surface area contributed by atoms with E-state index in [0.29, 0.717) is 22.0 Å². The number of aromatic carboxylic acids is 1. The molecule has 0 fully saturated rings. The first kappa shape index (κ1) is 13.4. The predicted molar refractivity (Wildman–Crippen MR) is 73.8 cm³/mol. The number of aromatic nitrogens is 1. The van der Waals surface area contributed by atoms with Crippen LogP contribution in [0.4, 0.5) is 0 Å². The van der Waals surface area contributed by atoms with Gasteiger partial charge in [-0.15, -0.1) is 0 Å². The lowest BCUT2D eigenvalue weighted by Crippen LogP contribution is -2.21. The Morgan fingerprint density at radius 1 is 1.26 bits per heavy atom. The van der Waals surface area contributed by atoms with Crippen LogP contribution in [0.5, 0.6) is 0 Å². The highest BCUT2D eigenvalue weighted by Crippen LogP contribution is 2.24. The maximum Gasteiger partial charge on any atom is 0.341 e. The molecule has 0 aliphatic heterocycles. The minimum Gasteiger partial charge on any atom is -0.477 e. The van der Waals surface area contributed by atoms with Gasteiger partial charge in [0.15, 0.2) is 5.43 Å². The summed E-state index contributed by atoms with van der Waals surface area (Å²) in [5.41, 5.74) is 1.00. The van der Waals surface area contributed by atoms with Crippen LogP contribution in [0.2, 0.25) is 5.02 Å². The second-order valence-electron chi connectivity index (χ2n) is 4.24. The number of nitrogens with zero attached hydrogens (tertiary/aromatic N) is 1. The van der Waals surface area contributed by atoms with Crippen molar-refractivity contribution in [2.75, 3.05) is 0 Å². The second kappa shape index (κ2) is 4.90. The molecule has 2 aromatic rings. The van der Waals surface area contributed by atoms with E-state index in [2.05, 4.69) is 0 Å². The van der Waals surface area contributed by atoms with Crippen molar-refractivity contribution in [3.05, 3.63) is 56.8 Å². The van der Waals surface area contributed by atoms with E-state index < -0.39 is 11.4 Å². The second-order valence-corrected chi connectivity index (χ2v) is 4.68. The van der Waals surface area contributed by atoms with Crippen LogP contribution in [0.15, 0.2) is 35.1 Å². The summed E-state index contributed by atoms with van der Waals surface area (Å²) < 4.78 is 1.69. The first-order valence-electron chi connectivity index (χ1n) is 5.61. The highest BCUT2D eigenvalue weighted by Gasteiger charge is 2.19. The average molecular weight is 278 g/mol. The van der Waals surface area contributed by atoms with E-state index in [0.717, 1.165) is 0 Å². The maximum absolute atomic E-state index is 11.9. The van der Waals surface area contributed by atoms with Crippen molar-refractivity contribution in [2.24, 2.45) is 7.05 Å². The van der Waals surface area contributed by atoms with Crippen LogP contribution >= 0.6 is 11.6 Å². The van der Waals surface area contributed by atoms with Gasteiger partial charge in [0.25, 0.3) is 0 Å². The molecule has 19 heavy (non-hydrogen) atoms. The van der Waals surface area contributed by atoms with E-state index in [4.69, 9.17) is 11.6 Å². The third-order valence-electron chi connectivity index (χ3n) is 3.02. The molecule has 0 saturated heterocycles. The Hall–Kier alpha value is -2.07. The number of pyridine rings is 1. The van der Waals surface area contributed by atoms with E-state index in [1.165, 1.54) is 6.07 Å². The van der Waals surface area contributed by atoms with Gasteiger partial charge in [-0.1, -0.05) is 23.7 Å². The van der Waals surface area contributed by atoms with Gasteiger partial charge in [0.1, 0.15) is 5.56 Å². The Morgan fingerprint density at radius 3 is 2.37 bits per heavy atom. The Balaban J connectivity index is 2.84. The molecule has 4 nitrogen and oxygen atoms in total. The van der Waals surface area contributed by atoms with Crippen LogP contribution < -0.4 is 5.43 Å². The Labute approximate surface area is 114 Å². The lowest BCUT2D eigenvalue weighted by atomic mass is 10.0. The molecule has 2 rings (SSSR count). The fraction of sp³-hybridized carbons (Fsp3) is 0.143. The lowest BCUT2D eigenvalue weighted by Gasteiger charge is -2.14. The molecule has 5 heteroatoms. The number of halogens is 1. The third-order valence-corrected chi connectivity index (χ3v) is 3.27. The molecule has 98 valence electrons. The molecule has 0 spiro atoms. The van der Waals surface area contributed by atoms with Crippen molar-refractivity contribution in [3.63, 3.8) is 0 Å². The van der Waals surface area contributed by atoms with E-state index in [1.54, 1.807) is 42.8 Å². The monoisotopic (exact) mass is 277 g/mol. The number of hydrogen-bond donors (Lipinski definition) is 1. The summed E-state index contributed by atoms with van der Waals surface area (Å²) in [6.07, 6.45) is 0. The number of benzene rings is 1. The molecule has 1 aromatic heterocycles. The molecule has 0 unspecified atom stereocenters. The fourth-order valence-corrected chi connectivity index (χ4v) is 2.10. The van der Waals surface area contributed by atoms with Crippen LogP contribution in [0.3, 0.4) is 0 Å². The summed E-state index contributed by atoms with van der Waals surface area (Å²) in [7, 11) is 1.73. The molecule has 1 N–H and O–H groups in total. The molecule has 0 aliphatic rings. The standard InChI is InChI=1S/C14H12ClNO3/c1-8-7-11(17)12(14(18)19)13(16(8)2)9-3-5-10(15)6-4-9/h3-7H,1-2H3,(H,18,19). The molecule has 0 radical (unpaired) electrons. The molecular weight excluding hydrogens is 266 g/mol. The number of carbonyl (C=O) groups is 1. The molecule has 0 atom stereocenters. The molecule has 1 heterocycles. The van der Waals surface area contributed by atoms with Gasteiger partial charge in [0.2, 0.25) is 0 Å². The summed E-state index contributed by atoms with van der Waals surface area (Å²) in [6, 6.07) is 8.04. The first-order valence-corrected chi connectivity index (χ1v) is 5.99. The third kappa shape index (κ3) is 2.39. The number of carboxylic acids is 1. The van der Waals surface area contributed by atoms with Crippen LogP contribution in [0.25, 0.3) is 11.3 Å². The van der Waals surface area contributed by atoms with Crippen molar-refractivity contribution >= 4 is 17.6 Å². The topological polar surface area (TPSA) is 59.3 Å². The van der Waals surface area contributed by atoms with Crippen LogP contribution in [-0.4, -0.2) is 15.6 Å². The summed E-state index contributed by atoms with van der Waals surface area (Å²) >= 11 is 5.82. The van der Waals surface area contributed by atoms with Gasteiger partial charge in [0, 0.05) is 23.8 Å². The zero-order chi connectivity index (χ0) is 14.2. The molecule has 1 aromatic carbocycles. The smallest absolute Gasteiger partial charge is 0.341 e. The van der Waals surface area contributed by atoms with Crippen molar-refractivity contribution in [2.45, 2.75) is 6.92 Å². The fourth-order valence-electron chi connectivity index (χ4n) is 1.97. The largest absolute Gasteiger partial charge is 0.477 e. The Bertz CT molecular complexity index is 702. The zero-order valence-corrected chi connectivity index (χ0v) is 11.2. The van der Waals surface area contributed by atoms with Gasteiger partial charge in [0.05, 0.1) is 5.69 Å². The Morgan fingerprint density at radius 2 is 1.84 bits per heavy atom. The van der Waals surface area contributed by atoms with E-state index in [9.17, 15) is 14.7 Å². The van der Waals surface area contributed by atoms with Crippen molar-refractivity contribution in [1.29, 1.82) is 0 Å². The molecular formula is C14H12ClNO3. The first-order chi connectivity index (χ1) is 8.91. The molecule has 0 amide bonds. The Kier molecular flexibility index (Phi) is 3.44. The van der Waals surface area contributed by atoms with Gasteiger partial charge >= 0.3 is 5.97 Å². The van der Waals surface area contributed by atoms with Crippen LogP contribution in [-0.2, 0) is 7.05 Å². The van der Waals surface area contributed by atoms with E-state index in [-0.39, 0.29) is 5.56 Å². The summed E-state index contributed by atoms with van der Waals surface area (Å²) in [5.74, 6) is -1.23. The summed E-state index contributed by atoms with van der Waals surface area (Å²) in [6.45, 7) is 1.76. The number of aryl methyl sites for hydroxylation is 1. The van der Waals surface area contributed by atoms with Gasteiger partial charge in [-0.3, -0.25) is 4.79 Å². The minimum atomic E-state index is -1.23. The number of carboxylic acid groups (broad SMARTS) is 1. The van der Waals surface area contributed by atoms with E-state index >= 15 is 0 Å². The van der Waals surface area contributed by atoms with Crippen molar-refractivity contribution in [3.8, 4) is 11.3 Å². The molecule has 0 bridgehead atoms. The average Bonchev–Trinajstić information content (AvgIpc) is 2.34. The normalized spacial score (nSPS) is 10.5. The number of hydrogen-bond acceptors (Lipinski definition) is 2. The summed E-state index contributed by atoms with van der Waals surface area (Å²) in [5, 5.41) is 9.79. The maximum atomic E-state index is 11.9. The molecule has 0 saturated carbocycles. The van der Waals surface area contributed by atoms with Crippen molar-refractivity contribution in [1.82, 2.24) is 4.57 Å². The van der Waals surface area contributed by atoms with Crippen LogP contribution in [0, 0.1) is 6.92 Å². The van der Waals surface area contributed by atoms with Gasteiger partial charge in [-0.2, -0.15) is 0 Å². The van der Waals surface area contributed by atoms with Gasteiger partial charge in [-0.05, 0) is 24.6 Å². The van der Waals surface area contributed by atoms with Gasteiger partial charge in [-0.25, -0.2) is 4.79 Å². The minimum absolute atomic E-state index is 0.226. The lowest BCUT2D eigenvalue weighted by molar-refractivity contribution is 0.0695. The highest BCUT2D eigenvalue weighted by molar-refractivity contribution is 6.30. The SMILES string of the molecule is Cc1cc(=O)c(C(=O)O)c(-c2ccc(Cl)cc2)n1C. The summed E-state index contributed by atoms with van der Waals surface area (Å²) in [4.78, 5) is 23.2. The van der Waals surface area contributed by atoms with E-state index in [1.807, 2.05) is 0 Å². The van der Waals surface area contributed by atoms with Crippen LogP contribution in [0.1, 0.15) is 16.1 Å². The predicted octanol–water partition coefficient (Wildman–Crippen LogP) is 2.71. The van der Waals surface area contributed by atoms with Gasteiger partial charge < -0.3 is 9.67 Å². The highest BCUT2D eigenvalue weighted by atomic mass is 35.5. The zero-order valence-electron chi connectivity index (χ0n) is 10.5. The number of rotatable bonds is 2. The molecule has 0 aliphatic carbocycles. The quantitative estimate of drug-likeness (QED) is 0.918.